The number of carbonyl (C=O) groups excluding carboxylic acids is 1. The number of carbonyl (C=O) groups is 1. The molecule has 122 valence electrons. The van der Waals surface area contributed by atoms with Crippen LogP contribution in [0.25, 0.3) is 5.69 Å². The number of hydrogen-bond donors (Lipinski definition) is 1. The summed E-state index contributed by atoms with van der Waals surface area (Å²) in [4.78, 5) is 12.1. The molecule has 0 aliphatic rings. The van der Waals surface area contributed by atoms with Gasteiger partial charge in [0, 0.05) is 12.7 Å². The van der Waals surface area contributed by atoms with Crippen molar-refractivity contribution in [1.29, 1.82) is 0 Å². The van der Waals surface area contributed by atoms with Gasteiger partial charge in [0.25, 0.3) is 0 Å². The van der Waals surface area contributed by atoms with E-state index in [2.05, 4.69) is 10.4 Å². The summed E-state index contributed by atoms with van der Waals surface area (Å²) in [6.45, 7) is 0.475. The molecule has 0 fully saturated rings. The average molecular weight is 321 g/mol. The fourth-order valence-corrected chi connectivity index (χ4v) is 2.40. The number of ether oxygens (including phenoxy) is 1. The van der Waals surface area contributed by atoms with E-state index < -0.39 is 0 Å². The number of aromatic nitrogens is 2. The summed E-state index contributed by atoms with van der Waals surface area (Å²) in [6.07, 6.45) is 3.90. The molecule has 0 atom stereocenters. The zero-order valence-corrected chi connectivity index (χ0v) is 13.5. The Labute approximate surface area is 140 Å². The van der Waals surface area contributed by atoms with E-state index in [4.69, 9.17) is 4.74 Å². The Morgan fingerprint density at radius 3 is 2.75 bits per heavy atom. The molecule has 0 aliphatic carbocycles. The zero-order chi connectivity index (χ0) is 16.8. The van der Waals surface area contributed by atoms with Gasteiger partial charge in [0.05, 0.1) is 25.4 Å². The lowest BCUT2D eigenvalue weighted by Gasteiger charge is -2.06. The molecule has 1 aromatic heterocycles. The standard InChI is InChI=1S/C19H19N3O2/c1-24-18-9-5-6-15(10-18)12-20-19(23)11-16-13-21-22(14-16)17-7-3-2-4-8-17/h2-10,13-14H,11-12H2,1H3,(H,20,23). The van der Waals surface area contributed by atoms with E-state index in [9.17, 15) is 4.79 Å². The molecular formula is C19H19N3O2. The number of methoxy groups -OCH3 is 1. The Kier molecular flexibility index (Phi) is 4.91. The fraction of sp³-hybridized carbons (Fsp3) is 0.158. The van der Waals surface area contributed by atoms with E-state index in [1.807, 2.05) is 60.8 Å². The SMILES string of the molecule is COc1cccc(CNC(=O)Cc2cnn(-c3ccccc3)c2)c1. The third-order valence-electron chi connectivity index (χ3n) is 3.65. The van der Waals surface area contributed by atoms with Gasteiger partial charge < -0.3 is 10.1 Å². The molecular weight excluding hydrogens is 302 g/mol. The summed E-state index contributed by atoms with van der Waals surface area (Å²) in [6, 6.07) is 17.5. The Morgan fingerprint density at radius 1 is 1.12 bits per heavy atom. The zero-order valence-electron chi connectivity index (χ0n) is 13.5. The molecule has 0 bridgehead atoms. The Balaban J connectivity index is 1.56. The van der Waals surface area contributed by atoms with Gasteiger partial charge in [0.15, 0.2) is 0 Å². The van der Waals surface area contributed by atoms with Crippen LogP contribution in [0.2, 0.25) is 0 Å². The third-order valence-corrected chi connectivity index (χ3v) is 3.65. The highest BCUT2D eigenvalue weighted by atomic mass is 16.5. The van der Waals surface area contributed by atoms with Crippen LogP contribution in [0, 0.1) is 0 Å². The normalized spacial score (nSPS) is 10.4. The van der Waals surface area contributed by atoms with Gasteiger partial charge in [0.2, 0.25) is 5.91 Å². The molecule has 1 amide bonds. The maximum Gasteiger partial charge on any atom is 0.224 e. The summed E-state index contributed by atoms with van der Waals surface area (Å²) in [5.41, 5.74) is 2.85. The van der Waals surface area contributed by atoms with Crippen molar-refractivity contribution in [2.24, 2.45) is 0 Å². The van der Waals surface area contributed by atoms with E-state index >= 15 is 0 Å². The molecule has 0 saturated carbocycles. The molecule has 0 saturated heterocycles. The molecule has 0 radical (unpaired) electrons. The first kappa shape index (κ1) is 15.8. The summed E-state index contributed by atoms with van der Waals surface area (Å²) < 4.78 is 6.95. The van der Waals surface area contributed by atoms with Crippen LogP contribution in [0.4, 0.5) is 0 Å². The molecule has 3 aromatic rings. The Bertz CT molecular complexity index is 812. The van der Waals surface area contributed by atoms with Crippen LogP contribution in [0.5, 0.6) is 5.75 Å². The van der Waals surface area contributed by atoms with E-state index in [-0.39, 0.29) is 5.91 Å². The highest BCUT2D eigenvalue weighted by molar-refractivity contribution is 5.78. The van der Waals surface area contributed by atoms with Gasteiger partial charge in [0.1, 0.15) is 5.75 Å². The number of para-hydroxylation sites is 1. The van der Waals surface area contributed by atoms with Gasteiger partial charge in [-0.25, -0.2) is 4.68 Å². The molecule has 1 N–H and O–H groups in total. The van der Waals surface area contributed by atoms with Crippen LogP contribution in [0.15, 0.2) is 67.0 Å². The van der Waals surface area contributed by atoms with Crippen molar-refractivity contribution >= 4 is 5.91 Å². The van der Waals surface area contributed by atoms with Crippen molar-refractivity contribution in [3.05, 3.63) is 78.1 Å². The first-order valence-corrected chi connectivity index (χ1v) is 7.73. The molecule has 3 rings (SSSR count). The van der Waals surface area contributed by atoms with Crippen LogP contribution in [-0.4, -0.2) is 22.8 Å². The van der Waals surface area contributed by atoms with Gasteiger partial charge in [-0.05, 0) is 35.4 Å². The van der Waals surface area contributed by atoms with Crippen molar-refractivity contribution < 1.29 is 9.53 Å². The summed E-state index contributed by atoms with van der Waals surface area (Å²) >= 11 is 0. The monoisotopic (exact) mass is 321 g/mol. The minimum Gasteiger partial charge on any atom is -0.497 e. The summed E-state index contributed by atoms with van der Waals surface area (Å²) in [7, 11) is 1.63. The number of rotatable bonds is 6. The lowest BCUT2D eigenvalue weighted by atomic mass is 10.2. The van der Waals surface area contributed by atoms with Crippen LogP contribution in [-0.2, 0) is 17.8 Å². The maximum atomic E-state index is 12.1. The number of benzene rings is 2. The smallest absolute Gasteiger partial charge is 0.224 e. The van der Waals surface area contributed by atoms with E-state index in [1.165, 1.54) is 0 Å². The van der Waals surface area contributed by atoms with Crippen molar-refractivity contribution in [2.75, 3.05) is 7.11 Å². The lowest BCUT2D eigenvalue weighted by molar-refractivity contribution is -0.120. The topological polar surface area (TPSA) is 56.1 Å². The van der Waals surface area contributed by atoms with Crippen molar-refractivity contribution in [2.45, 2.75) is 13.0 Å². The van der Waals surface area contributed by atoms with Gasteiger partial charge >= 0.3 is 0 Å². The van der Waals surface area contributed by atoms with Gasteiger partial charge in [-0.1, -0.05) is 30.3 Å². The quantitative estimate of drug-likeness (QED) is 0.759. The number of hydrogen-bond acceptors (Lipinski definition) is 3. The molecule has 1 heterocycles. The van der Waals surface area contributed by atoms with Gasteiger partial charge in [-0.15, -0.1) is 0 Å². The second-order valence-corrected chi connectivity index (χ2v) is 5.43. The summed E-state index contributed by atoms with van der Waals surface area (Å²) in [5.74, 6) is 0.747. The van der Waals surface area contributed by atoms with E-state index in [1.54, 1.807) is 18.0 Å². The average Bonchev–Trinajstić information content (AvgIpc) is 3.09. The van der Waals surface area contributed by atoms with Crippen LogP contribution >= 0.6 is 0 Å². The van der Waals surface area contributed by atoms with Gasteiger partial charge in [-0.3, -0.25) is 4.79 Å². The minimum atomic E-state index is -0.0366. The molecule has 2 aromatic carbocycles. The molecule has 0 unspecified atom stereocenters. The van der Waals surface area contributed by atoms with Crippen molar-refractivity contribution in [3.8, 4) is 11.4 Å². The highest BCUT2D eigenvalue weighted by Crippen LogP contribution is 2.12. The molecule has 24 heavy (non-hydrogen) atoms. The van der Waals surface area contributed by atoms with Gasteiger partial charge in [-0.2, -0.15) is 5.10 Å². The molecule has 0 aliphatic heterocycles. The number of amides is 1. The molecule has 5 heteroatoms. The fourth-order valence-electron chi connectivity index (χ4n) is 2.40. The molecule has 5 nitrogen and oxygen atoms in total. The Hall–Kier alpha value is -3.08. The van der Waals surface area contributed by atoms with Crippen LogP contribution in [0.3, 0.4) is 0 Å². The second-order valence-electron chi connectivity index (χ2n) is 5.43. The largest absolute Gasteiger partial charge is 0.497 e. The maximum absolute atomic E-state index is 12.1. The lowest BCUT2D eigenvalue weighted by Crippen LogP contribution is -2.24. The minimum absolute atomic E-state index is 0.0366. The second kappa shape index (κ2) is 7.46. The number of nitrogens with one attached hydrogen (secondary N) is 1. The highest BCUT2D eigenvalue weighted by Gasteiger charge is 2.07. The van der Waals surface area contributed by atoms with Crippen LogP contribution in [0.1, 0.15) is 11.1 Å². The van der Waals surface area contributed by atoms with Crippen LogP contribution < -0.4 is 10.1 Å². The third kappa shape index (κ3) is 4.01. The van der Waals surface area contributed by atoms with E-state index in [0.717, 1.165) is 22.6 Å². The Morgan fingerprint density at radius 2 is 1.96 bits per heavy atom. The first-order chi connectivity index (χ1) is 11.7. The number of nitrogens with zero attached hydrogens (tertiary/aromatic N) is 2. The first-order valence-electron chi connectivity index (χ1n) is 7.73. The summed E-state index contributed by atoms with van der Waals surface area (Å²) in [5, 5.41) is 7.22. The predicted octanol–water partition coefficient (Wildman–Crippen LogP) is 2.74. The van der Waals surface area contributed by atoms with Crippen molar-refractivity contribution in [3.63, 3.8) is 0 Å². The molecule has 0 spiro atoms. The van der Waals surface area contributed by atoms with Crippen molar-refractivity contribution in [1.82, 2.24) is 15.1 Å². The van der Waals surface area contributed by atoms with E-state index in [0.29, 0.717) is 13.0 Å². The predicted molar refractivity (Wildman–Crippen MR) is 92.1 cm³/mol.